The summed E-state index contributed by atoms with van der Waals surface area (Å²) in [5.74, 6) is -0.691. The molecule has 0 amide bonds. The first kappa shape index (κ1) is 25.6. The third kappa shape index (κ3) is 6.18. The minimum atomic E-state index is -4.46. The highest BCUT2D eigenvalue weighted by Crippen LogP contribution is 2.48. The number of esters is 1. The summed E-state index contributed by atoms with van der Waals surface area (Å²) in [4.78, 5) is 24.6. The first-order valence-corrected chi connectivity index (χ1v) is 13.8. The number of carbonyl (C=O) groups excluding carboxylic acids is 1. The van der Waals surface area contributed by atoms with Gasteiger partial charge in [-0.2, -0.15) is 15.1 Å². The van der Waals surface area contributed by atoms with Gasteiger partial charge in [0.05, 0.1) is 19.0 Å². The second kappa shape index (κ2) is 11.6. The van der Waals surface area contributed by atoms with Gasteiger partial charge in [0.25, 0.3) is 0 Å². The molecule has 5 N–H and O–H groups in total. The molecule has 2 aromatic heterocycles. The van der Waals surface area contributed by atoms with Gasteiger partial charge in [-0.05, 0) is 39.8 Å². The Morgan fingerprint density at radius 3 is 2.73 bits per heavy atom. The number of rotatable bonds is 11. The number of aliphatic hydroxyl groups excluding tert-OH is 1. The number of alkyl halides is 1. The predicted octanol–water partition coefficient (Wildman–Crippen LogP) is 2.57. The average molecular weight is 585 g/mol. The fourth-order valence-electron chi connectivity index (χ4n) is 3.94. The summed E-state index contributed by atoms with van der Waals surface area (Å²) in [6.45, 7) is 0.380. The van der Waals surface area contributed by atoms with E-state index in [9.17, 15) is 14.5 Å². The van der Waals surface area contributed by atoms with Crippen molar-refractivity contribution in [1.82, 2.24) is 24.6 Å². The van der Waals surface area contributed by atoms with Gasteiger partial charge in [0.1, 0.15) is 24.0 Å². The zero-order valence-electron chi connectivity index (χ0n) is 25.1. The molecule has 1 aliphatic heterocycles. The SMILES string of the molecule is [2H]C([2H])([2H])[C@@]1(F)[C@H](O)[C@@H](CO[P@@](=O)(N[C@H](C)C(=O)OC(C)C)Oc2ccccc2)O[C@H]1n1cnc2c(NC)nc(N)nc21. The van der Waals surface area contributed by atoms with Crippen molar-refractivity contribution in [3.63, 3.8) is 0 Å². The van der Waals surface area contributed by atoms with Crippen molar-refractivity contribution in [2.45, 2.75) is 63.9 Å². The standard InChI is InChI=1S/C24H33FN7O7P/c1-13(2)37-21(34)14(3)31-40(35,39-15-9-7-6-8-10-15)36-11-16-18(33)24(4,25)22(38-16)32-12-28-17-19(27-5)29-23(26)30-20(17)32/h6-10,12-14,16,18,22,33H,11H2,1-5H3,(H,31,35)(H3,26,27,29,30)/t14-,16-,18-,22-,24-,40+/m1/s1/i4D3. The lowest BCUT2D eigenvalue weighted by molar-refractivity contribution is -0.149. The third-order valence-electron chi connectivity index (χ3n) is 5.81. The first-order chi connectivity index (χ1) is 20.1. The number of hydrogen-bond donors (Lipinski definition) is 4. The lowest BCUT2D eigenvalue weighted by atomic mass is 9.98. The summed E-state index contributed by atoms with van der Waals surface area (Å²) in [5.41, 5.74) is 2.43. The Hall–Kier alpha value is -3.36. The quantitative estimate of drug-likeness (QED) is 0.191. The molecule has 4 rings (SSSR count). The van der Waals surface area contributed by atoms with E-state index < -0.39 is 63.4 Å². The number of nitrogen functional groups attached to an aromatic ring is 1. The molecule has 3 heterocycles. The van der Waals surface area contributed by atoms with E-state index in [4.69, 9.17) is 28.4 Å². The number of aromatic nitrogens is 4. The fourth-order valence-corrected chi connectivity index (χ4v) is 5.44. The summed E-state index contributed by atoms with van der Waals surface area (Å²) in [5, 5.41) is 16.3. The molecule has 1 aromatic carbocycles. The molecule has 0 unspecified atom stereocenters. The van der Waals surface area contributed by atoms with E-state index in [1.807, 2.05) is 0 Å². The number of hydrogen-bond acceptors (Lipinski definition) is 12. The van der Waals surface area contributed by atoms with Crippen LogP contribution in [0.4, 0.5) is 16.2 Å². The van der Waals surface area contributed by atoms with Crippen LogP contribution in [0, 0.1) is 0 Å². The average Bonchev–Trinajstić information content (AvgIpc) is 3.45. The summed E-state index contributed by atoms with van der Waals surface area (Å²) >= 11 is 0. The number of fused-ring (bicyclic) bond motifs is 1. The van der Waals surface area contributed by atoms with Gasteiger partial charge < -0.3 is 30.2 Å². The summed E-state index contributed by atoms with van der Waals surface area (Å²) in [7, 11) is -2.92. The van der Waals surface area contributed by atoms with Gasteiger partial charge >= 0.3 is 13.7 Å². The van der Waals surface area contributed by atoms with Gasteiger partial charge in [-0.3, -0.25) is 13.9 Å². The molecule has 0 aliphatic carbocycles. The topological polar surface area (TPSA) is 185 Å². The van der Waals surface area contributed by atoms with Crippen molar-refractivity contribution in [2.24, 2.45) is 0 Å². The molecule has 3 aromatic rings. The van der Waals surface area contributed by atoms with Crippen LogP contribution < -0.4 is 20.7 Å². The molecule has 0 spiro atoms. The van der Waals surface area contributed by atoms with E-state index >= 15 is 4.39 Å². The van der Waals surface area contributed by atoms with Crippen LogP contribution in [0.25, 0.3) is 11.2 Å². The number of imidazole rings is 1. The highest BCUT2D eigenvalue weighted by Gasteiger charge is 2.56. The van der Waals surface area contributed by atoms with Gasteiger partial charge in [-0.1, -0.05) is 18.2 Å². The molecule has 0 saturated carbocycles. The summed E-state index contributed by atoms with van der Waals surface area (Å²) < 4.78 is 77.2. The lowest BCUT2D eigenvalue weighted by Crippen LogP contribution is -2.41. The number of benzene rings is 1. The second-order valence-corrected chi connectivity index (χ2v) is 11.0. The molecule has 14 nitrogen and oxygen atoms in total. The smallest absolute Gasteiger partial charge is 0.459 e. The van der Waals surface area contributed by atoms with Gasteiger partial charge in [-0.15, -0.1) is 0 Å². The number of nitrogens with two attached hydrogens (primary N) is 1. The highest BCUT2D eigenvalue weighted by molar-refractivity contribution is 7.52. The number of aliphatic hydroxyl groups is 1. The lowest BCUT2D eigenvalue weighted by Gasteiger charge is -2.25. The van der Waals surface area contributed by atoms with Crippen molar-refractivity contribution < 1.29 is 41.5 Å². The highest BCUT2D eigenvalue weighted by atomic mass is 31.2. The van der Waals surface area contributed by atoms with Crippen LogP contribution in [-0.4, -0.2) is 74.3 Å². The van der Waals surface area contributed by atoms with E-state index in [1.165, 1.54) is 19.1 Å². The van der Waals surface area contributed by atoms with Crippen LogP contribution >= 0.6 is 7.75 Å². The predicted molar refractivity (Wildman–Crippen MR) is 143 cm³/mol. The normalized spacial score (nSPS) is 26.5. The van der Waals surface area contributed by atoms with Crippen LogP contribution in [0.1, 0.15) is 38.0 Å². The Morgan fingerprint density at radius 2 is 2.08 bits per heavy atom. The number of halogens is 1. The number of ether oxygens (including phenoxy) is 2. The maximum Gasteiger partial charge on any atom is 0.459 e. The van der Waals surface area contributed by atoms with Crippen LogP contribution in [0.5, 0.6) is 5.75 Å². The van der Waals surface area contributed by atoms with Crippen LogP contribution in [0.15, 0.2) is 36.7 Å². The monoisotopic (exact) mass is 584 g/mol. The Balaban J connectivity index is 1.65. The minimum Gasteiger partial charge on any atom is -0.462 e. The van der Waals surface area contributed by atoms with Crippen molar-refractivity contribution in [1.29, 1.82) is 0 Å². The van der Waals surface area contributed by atoms with Crippen molar-refractivity contribution in [3.05, 3.63) is 36.7 Å². The first-order valence-electron chi connectivity index (χ1n) is 13.8. The molecule has 6 atom stereocenters. The Kier molecular flexibility index (Phi) is 7.44. The Bertz CT molecular complexity index is 1500. The molecule has 1 fully saturated rings. The summed E-state index contributed by atoms with van der Waals surface area (Å²) in [6.07, 6.45) is -5.40. The van der Waals surface area contributed by atoms with Gasteiger partial charge in [0.15, 0.2) is 28.9 Å². The number of nitrogens with one attached hydrogen (secondary N) is 2. The number of para-hydroxylation sites is 1. The molecule has 16 heteroatoms. The maximum atomic E-state index is 16.6. The van der Waals surface area contributed by atoms with E-state index in [0.717, 1.165) is 10.9 Å². The zero-order valence-corrected chi connectivity index (χ0v) is 23.0. The molecular weight excluding hydrogens is 548 g/mol. The molecule has 1 saturated heterocycles. The molecule has 40 heavy (non-hydrogen) atoms. The number of nitrogens with zero attached hydrogens (tertiary/aromatic N) is 4. The van der Waals surface area contributed by atoms with E-state index in [2.05, 4.69) is 25.4 Å². The van der Waals surface area contributed by atoms with Gasteiger partial charge in [-0.25, -0.2) is 13.9 Å². The van der Waals surface area contributed by atoms with Crippen LogP contribution in [-0.2, 0) is 23.4 Å². The van der Waals surface area contributed by atoms with Gasteiger partial charge in [0.2, 0.25) is 5.95 Å². The summed E-state index contributed by atoms with van der Waals surface area (Å²) in [6, 6.07) is 6.65. The number of carbonyl (C=O) groups is 1. The maximum absolute atomic E-state index is 16.6. The Labute approximate surface area is 234 Å². The van der Waals surface area contributed by atoms with Crippen LogP contribution in [0.2, 0.25) is 0 Å². The zero-order chi connectivity index (χ0) is 31.7. The molecule has 218 valence electrons. The molecule has 0 bridgehead atoms. The Morgan fingerprint density at radius 1 is 1.35 bits per heavy atom. The second-order valence-electron chi connectivity index (χ2n) is 9.28. The molecular formula is C24H33FN7O7P. The third-order valence-corrected chi connectivity index (χ3v) is 7.45. The molecule has 1 aliphatic rings. The number of anilines is 2. The van der Waals surface area contributed by atoms with E-state index in [1.54, 1.807) is 39.1 Å². The van der Waals surface area contributed by atoms with Crippen LogP contribution in [0.3, 0.4) is 0 Å². The van der Waals surface area contributed by atoms with Crippen molar-refractivity contribution in [3.8, 4) is 5.75 Å². The minimum absolute atomic E-state index is 0.0702. The van der Waals surface area contributed by atoms with Gasteiger partial charge in [0, 0.05) is 11.2 Å². The van der Waals surface area contributed by atoms with E-state index in [-0.39, 0.29) is 28.7 Å². The fraction of sp³-hybridized carbons (Fsp3) is 0.500. The van der Waals surface area contributed by atoms with E-state index in [0.29, 0.717) is 0 Å². The largest absolute Gasteiger partial charge is 0.462 e. The molecule has 0 radical (unpaired) electrons. The van der Waals surface area contributed by atoms with Crippen molar-refractivity contribution >= 4 is 36.6 Å². The van der Waals surface area contributed by atoms with Crippen molar-refractivity contribution in [2.75, 3.05) is 24.7 Å².